The van der Waals surface area contributed by atoms with E-state index in [0.29, 0.717) is 17.9 Å². The molecule has 0 amide bonds. The molecular weight excluding hydrogens is 344 g/mol. The minimum atomic E-state index is -0.303. The van der Waals surface area contributed by atoms with Crippen molar-refractivity contribution in [1.29, 1.82) is 0 Å². The van der Waals surface area contributed by atoms with Crippen molar-refractivity contribution in [1.82, 2.24) is 18.9 Å². The normalized spacial score (nSPS) is 15.9. The average Bonchev–Trinajstić information content (AvgIpc) is 3.18. The van der Waals surface area contributed by atoms with Crippen LogP contribution in [0.1, 0.15) is 35.1 Å². The summed E-state index contributed by atoms with van der Waals surface area (Å²) < 4.78 is 8.43. The summed E-state index contributed by atoms with van der Waals surface area (Å²) in [5.41, 5.74) is 2.01. The molecule has 0 aromatic carbocycles. The van der Waals surface area contributed by atoms with E-state index in [9.17, 15) is 9.59 Å². The molecular formula is C20H22N4O3. The summed E-state index contributed by atoms with van der Waals surface area (Å²) in [7, 11) is 1.40. The lowest BCUT2D eigenvalue weighted by Crippen LogP contribution is -2.35. The van der Waals surface area contributed by atoms with Gasteiger partial charge in [-0.05, 0) is 37.1 Å². The monoisotopic (exact) mass is 366 g/mol. The van der Waals surface area contributed by atoms with Crippen LogP contribution in [-0.2, 0) is 11.3 Å². The molecule has 140 valence electrons. The number of likely N-dealkylation sites (tertiary alicyclic amines) is 1. The van der Waals surface area contributed by atoms with Gasteiger partial charge in [0.25, 0.3) is 5.56 Å². The number of esters is 1. The number of rotatable bonds is 4. The molecule has 4 heterocycles. The topological polar surface area (TPSA) is 68.8 Å². The first-order chi connectivity index (χ1) is 13.2. The number of carbonyl (C=O) groups excluding carboxylic acids is 1. The highest BCUT2D eigenvalue weighted by Crippen LogP contribution is 2.25. The van der Waals surface area contributed by atoms with Gasteiger partial charge < -0.3 is 9.30 Å². The molecule has 7 heteroatoms. The molecule has 3 aromatic heterocycles. The molecule has 4 rings (SSSR count). The zero-order chi connectivity index (χ0) is 18.8. The summed E-state index contributed by atoms with van der Waals surface area (Å²) in [5.74, 6) is -0.303. The van der Waals surface area contributed by atoms with Gasteiger partial charge in [-0.2, -0.15) is 0 Å². The van der Waals surface area contributed by atoms with E-state index in [1.807, 2.05) is 35.0 Å². The average molecular weight is 366 g/mol. The van der Waals surface area contributed by atoms with Crippen LogP contribution < -0.4 is 5.56 Å². The Balaban J connectivity index is 1.44. The Hall–Kier alpha value is -2.93. The van der Waals surface area contributed by atoms with Crippen molar-refractivity contribution in [2.24, 2.45) is 0 Å². The second-order valence-electron chi connectivity index (χ2n) is 6.81. The van der Waals surface area contributed by atoms with E-state index in [2.05, 4.69) is 9.88 Å². The SMILES string of the molecule is COC(=O)c1cccn1C1CCN(Cc2cc(=O)n3ccccc3n2)CC1. The number of hydrogen-bond donors (Lipinski definition) is 0. The quantitative estimate of drug-likeness (QED) is 0.662. The highest BCUT2D eigenvalue weighted by molar-refractivity contribution is 5.87. The van der Waals surface area contributed by atoms with Crippen LogP contribution in [0.25, 0.3) is 5.65 Å². The zero-order valence-electron chi connectivity index (χ0n) is 15.2. The van der Waals surface area contributed by atoms with Crippen molar-refractivity contribution >= 4 is 11.6 Å². The summed E-state index contributed by atoms with van der Waals surface area (Å²) in [6.45, 7) is 2.43. The smallest absolute Gasteiger partial charge is 0.354 e. The summed E-state index contributed by atoms with van der Waals surface area (Å²) in [5, 5.41) is 0. The van der Waals surface area contributed by atoms with E-state index in [1.165, 1.54) is 7.11 Å². The third-order valence-electron chi connectivity index (χ3n) is 5.13. The number of piperidine rings is 1. The number of carbonyl (C=O) groups is 1. The zero-order valence-corrected chi connectivity index (χ0v) is 15.2. The Bertz CT molecular complexity index is 1020. The fourth-order valence-electron chi connectivity index (χ4n) is 3.76. The van der Waals surface area contributed by atoms with Gasteiger partial charge in [-0.15, -0.1) is 0 Å². The van der Waals surface area contributed by atoms with Gasteiger partial charge in [-0.25, -0.2) is 9.78 Å². The number of fused-ring (bicyclic) bond motifs is 1. The van der Waals surface area contributed by atoms with Crippen molar-refractivity contribution in [3.63, 3.8) is 0 Å². The Morgan fingerprint density at radius 3 is 2.78 bits per heavy atom. The van der Waals surface area contributed by atoms with Crippen molar-refractivity contribution in [2.45, 2.75) is 25.4 Å². The van der Waals surface area contributed by atoms with Gasteiger partial charge in [0.05, 0.1) is 12.8 Å². The molecule has 0 radical (unpaired) electrons. The van der Waals surface area contributed by atoms with E-state index in [1.54, 1.807) is 22.7 Å². The lowest BCUT2D eigenvalue weighted by atomic mass is 10.0. The Morgan fingerprint density at radius 2 is 2.00 bits per heavy atom. The number of ether oxygens (including phenoxy) is 1. The fraction of sp³-hybridized carbons (Fsp3) is 0.350. The van der Waals surface area contributed by atoms with Gasteiger partial charge in [-0.3, -0.25) is 14.1 Å². The van der Waals surface area contributed by atoms with Crippen LogP contribution in [0.4, 0.5) is 0 Å². The van der Waals surface area contributed by atoms with Crippen LogP contribution in [0.15, 0.2) is 53.6 Å². The minimum absolute atomic E-state index is 0.0550. The molecule has 1 aliphatic heterocycles. The van der Waals surface area contributed by atoms with Crippen molar-refractivity contribution in [3.05, 3.63) is 70.5 Å². The highest BCUT2D eigenvalue weighted by Gasteiger charge is 2.24. The van der Waals surface area contributed by atoms with Crippen LogP contribution >= 0.6 is 0 Å². The van der Waals surface area contributed by atoms with E-state index >= 15 is 0 Å². The first-order valence-electron chi connectivity index (χ1n) is 9.10. The lowest BCUT2D eigenvalue weighted by molar-refractivity contribution is 0.0581. The van der Waals surface area contributed by atoms with Gasteiger partial charge in [0, 0.05) is 44.1 Å². The van der Waals surface area contributed by atoms with Crippen molar-refractivity contribution in [2.75, 3.05) is 20.2 Å². The third kappa shape index (κ3) is 3.50. The molecule has 0 saturated carbocycles. The van der Waals surface area contributed by atoms with E-state index in [4.69, 9.17) is 4.74 Å². The van der Waals surface area contributed by atoms with Gasteiger partial charge in [0.2, 0.25) is 0 Å². The molecule has 1 aliphatic rings. The van der Waals surface area contributed by atoms with Crippen LogP contribution in [0.2, 0.25) is 0 Å². The van der Waals surface area contributed by atoms with Crippen molar-refractivity contribution in [3.8, 4) is 0 Å². The van der Waals surface area contributed by atoms with E-state index in [-0.39, 0.29) is 17.6 Å². The van der Waals surface area contributed by atoms with E-state index < -0.39 is 0 Å². The lowest BCUT2D eigenvalue weighted by Gasteiger charge is -2.33. The first-order valence-corrected chi connectivity index (χ1v) is 9.10. The molecule has 0 bridgehead atoms. The molecule has 0 atom stereocenters. The number of aromatic nitrogens is 3. The molecule has 1 saturated heterocycles. The second kappa shape index (κ2) is 7.36. The molecule has 1 fully saturated rings. The second-order valence-corrected chi connectivity index (χ2v) is 6.81. The minimum Gasteiger partial charge on any atom is -0.464 e. The molecule has 0 unspecified atom stereocenters. The molecule has 0 N–H and O–H groups in total. The molecule has 0 aliphatic carbocycles. The number of nitrogens with zero attached hydrogens (tertiary/aromatic N) is 4. The number of hydrogen-bond acceptors (Lipinski definition) is 5. The van der Waals surface area contributed by atoms with E-state index in [0.717, 1.165) is 31.6 Å². The highest BCUT2D eigenvalue weighted by atomic mass is 16.5. The van der Waals surface area contributed by atoms with Crippen LogP contribution in [0.3, 0.4) is 0 Å². The maximum absolute atomic E-state index is 12.2. The summed E-state index contributed by atoms with van der Waals surface area (Å²) in [4.78, 5) is 31.0. The van der Waals surface area contributed by atoms with Crippen LogP contribution in [0, 0.1) is 0 Å². The van der Waals surface area contributed by atoms with Gasteiger partial charge in [0.15, 0.2) is 0 Å². The summed E-state index contributed by atoms with van der Waals surface area (Å²) >= 11 is 0. The molecule has 27 heavy (non-hydrogen) atoms. The van der Waals surface area contributed by atoms with Crippen LogP contribution in [-0.4, -0.2) is 45.0 Å². The van der Waals surface area contributed by atoms with Gasteiger partial charge in [-0.1, -0.05) is 6.07 Å². The largest absolute Gasteiger partial charge is 0.464 e. The van der Waals surface area contributed by atoms with Crippen LogP contribution in [0.5, 0.6) is 0 Å². The number of pyridine rings is 1. The Morgan fingerprint density at radius 1 is 1.19 bits per heavy atom. The molecule has 7 nitrogen and oxygen atoms in total. The third-order valence-corrected chi connectivity index (χ3v) is 5.13. The van der Waals surface area contributed by atoms with Gasteiger partial charge in [0.1, 0.15) is 11.3 Å². The fourth-order valence-corrected chi connectivity index (χ4v) is 3.76. The Kier molecular flexibility index (Phi) is 4.77. The maximum atomic E-state index is 12.2. The summed E-state index contributed by atoms with van der Waals surface area (Å²) in [6.07, 6.45) is 5.55. The predicted octanol–water partition coefficient (Wildman–Crippen LogP) is 2.12. The van der Waals surface area contributed by atoms with Crippen molar-refractivity contribution < 1.29 is 9.53 Å². The standard InChI is InChI=1S/C20H22N4O3/c1-27-20(26)17-5-4-10-23(17)16-7-11-22(12-8-16)14-15-13-19(25)24-9-3-2-6-18(24)21-15/h2-6,9-10,13,16H,7-8,11-12,14H2,1H3. The summed E-state index contributed by atoms with van der Waals surface area (Å²) in [6, 6.07) is 11.1. The molecule has 3 aromatic rings. The Labute approximate surface area is 156 Å². The van der Waals surface area contributed by atoms with Gasteiger partial charge >= 0.3 is 5.97 Å². The molecule has 0 spiro atoms. The first kappa shape index (κ1) is 17.5. The predicted molar refractivity (Wildman–Crippen MR) is 101 cm³/mol. The maximum Gasteiger partial charge on any atom is 0.354 e. The number of methoxy groups -OCH3 is 1.